The number of rotatable bonds is 15. The van der Waals surface area contributed by atoms with Crippen LogP contribution in [0.15, 0.2) is 59.4 Å². The number of nitrogens with one attached hydrogen (secondary N) is 3. The molecule has 0 saturated heterocycles. The van der Waals surface area contributed by atoms with Crippen LogP contribution < -0.4 is 35.6 Å². The Balaban J connectivity index is 1.44. The smallest absolute Gasteiger partial charge is 0.328 e. The Morgan fingerprint density at radius 2 is 1.65 bits per heavy atom. The number of carbonyl (C=O) groups is 3. The lowest BCUT2D eigenvalue weighted by atomic mass is 9.95. The lowest BCUT2D eigenvalue weighted by Gasteiger charge is -2.19. The summed E-state index contributed by atoms with van der Waals surface area (Å²) in [5.41, 5.74) is 4.33. The van der Waals surface area contributed by atoms with Gasteiger partial charge in [-0.25, -0.2) is 4.79 Å². The van der Waals surface area contributed by atoms with Crippen LogP contribution in [0.25, 0.3) is 11.1 Å². The molecule has 0 aliphatic heterocycles. The minimum Gasteiger partial charge on any atom is -0.493 e. The number of aryl methyl sites for hydroxylation is 1. The zero-order valence-electron chi connectivity index (χ0n) is 28.3. The summed E-state index contributed by atoms with van der Waals surface area (Å²) < 4.78 is 22.0. The fourth-order valence-electron chi connectivity index (χ4n) is 6.12. The van der Waals surface area contributed by atoms with Crippen LogP contribution in [-0.4, -0.2) is 58.8 Å². The maximum Gasteiger partial charge on any atom is 0.328 e. The van der Waals surface area contributed by atoms with Crippen molar-refractivity contribution in [2.75, 3.05) is 40.3 Å². The van der Waals surface area contributed by atoms with Gasteiger partial charge in [-0.2, -0.15) is 0 Å². The average Bonchev–Trinajstić information content (AvgIpc) is 3.33. The molecule has 3 aromatic rings. The molecule has 48 heavy (non-hydrogen) atoms. The first-order valence-corrected chi connectivity index (χ1v) is 16.1. The Labute approximate surface area is 281 Å². The molecule has 0 bridgehead atoms. The van der Waals surface area contributed by atoms with Crippen LogP contribution in [0.2, 0.25) is 0 Å². The highest BCUT2D eigenvalue weighted by Gasteiger charge is 2.29. The minimum absolute atomic E-state index is 0.193. The van der Waals surface area contributed by atoms with Gasteiger partial charge in [-0.05, 0) is 66.1 Å². The fourth-order valence-corrected chi connectivity index (χ4v) is 6.12. The van der Waals surface area contributed by atoms with E-state index in [2.05, 4.69) is 16.0 Å². The molecule has 4 rings (SSSR count). The molecule has 256 valence electrons. The molecule has 1 aliphatic rings. The Morgan fingerprint density at radius 3 is 2.31 bits per heavy atom. The Hall–Kier alpha value is -5.06. The fraction of sp³-hybridized carbons (Fsp3) is 0.405. The van der Waals surface area contributed by atoms with Crippen LogP contribution in [0.1, 0.15) is 61.8 Å². The van der Waals surface area contributed by atoms with Gasteiger partial charge in [0.1, 0.15) is 6.04 Å². The van der Waals surface area contributed by atoms with Crippen molar-refractivity contribution in [2.45, 2.75) is 64.0 Å². The summed E-state index contributed by atoms with van der Waals surface area (Å²) in [5.74, 6) is 0.579. The second-order valence-corrected chi connectivity index (χ2v) is 11.7. The van der Waals surface area contributed by atoms with Gasteiger partial charge in [-0.3, -0.25) is 14.4 Å². The summed E-state index contributed by atoms with van der Waals surface area (Å²) >= 11 is 0. The number of esters is 1. The first-order valence-electron chi connectivity index (χ1n) is 16.1. The van der Waals surface area contributed by atoms with Gasteiger partial charge in [0.15, 0.2) is 11.5 Å². The largest absolute Gasteiger partial charge is 0.493 e. The maximum absolute atomic E-state index is 13.5. The van der Waals surface area contributed by atoms with Crippen LogP contribution in [0.5, 0.6) is 17.2 Å². The van der Waals surface area contributed by atoms with Gasteiger partial charge in [-0.15, -0.1) is 0 Å². The molecule has 3 N–H and O–H groups in total. The van der Waals surface area contributed by atoms with E-state index in [9.17, 15) is 19.2 Å². The number of amides is 2. The third-order valence-corrected chi connectivity index (χ3v) is 8.42. The quantitative estimate of drug-likeness (QED) is 0.156. The molecule has 0 spiro atoms. The molecule has 0 unspecified atom stereocenters. The standard InChI is InChI=1S/C37H45N3O8/c1-23(41)39-28-17-15-25-21-32(45-2)35(46-3)36(47-4)34(25)26-16-18-29(31(42)22-27(26)28)38-19-11-7-10-14-33(43)40-30(37(44)48-5)20-24-12-8-6-9-13-24/h6,8-9,12-13,16,18,21-22,28,30H,7,10-11,14-15,17,19-20H2,1-5H3,(H,38,42)(H,39,41)(H,40,43)/t28-,30-/m1/s1. The minimum atomic E-state index is -0.753. The number of ether oxygens (including phenoxy) is 4. The molecule has 11 nitrogen and oxygen atoms in total. The highest BCUT2D eigenvalue weighted by atomic mass is 16.5. The van der Waals surface area contributed by atoms with E-state index < -0.39 is 18.1 Å². The van der Waals surface area contributed by atoms with Crippen LogP contribution in [0, 0.1) is 0 Å². The van der Waals surface area contributed by atoms with Gasteiger partial charge in [0.2, 0.25) is 23.0 Å². The number of benzene rings is 2. The zero-order valence-corrected chi connectivity index (χ0v) is 28.3. The molecule has 3 aromatic carbocycles. The first kappa shape index (κ1) is 35.8. The average molecular weight is 660 g/mol. The molecule has 1 aliphatic carbocycles. The predicted molar refractivity (Wildman–Crippen MR) is 184 cm³/mol. The van der Waals surface area contributed by atoms with Gasteiger partial charge in [0.05, 0.1) is 40.2 Å². The molecule has 2 amide bonds. The van der Waals surface area contributed by atoms with E-state index in [0.717, 1.165) is 35.1 Å². The van der Waals surface area contributed by atoms with Crippen molar-refractivity contribution in [1.82, 2.24) is 10.6 Å². The normalized spacial score (nSPS) is 13.9. The van der Waals surface area contributed by atoms with Crippen molar-refractivity contribution in [1.29, 1.82) is 0 Å². The SMILES string of the molecule is COC(=O)[C@@H](Cc1ccccc1)NC(=O)CCCCCNc1ccc2c(cc1=O)[C@H](NC(C)=O)CCc1cc(OC)c(OC)c(OC)c1-2. The van der Waals surface area contributed by atoms with Crippen LogP contribution >= 0.6 is 0 Å². The number of unbranched alkanes of at least 4 members (excludes halogenated alkanes) is 2. The summed E-state index contributed by atoms with van der Waals surface area (Å²) in [6.45, 7) is 1.98. The number of hydrogen-bond acceptors (Lipinski definition) is 9. The van der Waals surface area contributed by atoms with E-state index in [-0.39, 0.29) is 23.7 Å². The van der Waals surface area contributed by atoms with Crippen molar-refractivity contribution in [2.24, 2.45) is 0 Å². The number of carbonyl (C=O) groups excluding carboxylic acids is 3. The molecule has 0 radical (unpaired) electrons. The lowest BCUT2D eigenvalue weighted by Crippen LogP contribution is -2.43. The second kappa shape index (κ2) is 17.2. The molecular formula is C37H45N3O8. The summed E-state index contributed by atoms with van der Waals surface area (Å²) in [4.78, 5) is 50.6. The first-order chi connectivity index (χ1) is 23.2. The van der Waals surface area contributed by atoms with Crippen molar-refractivity contribution >= 4 is 23.5 Å². The number of methoxy groups -OCH3 is 4. The molecule has 0 fully saturated rings. The Kier molecular flexibility index (Phi) is 12.8. The van der Waals surface area contributed by atoms with E-state index in [1.165, 1.54) is 14.0 Å². The summed E-state index contributed by atoms with van der Waals surface area (Å²) in [6, 6.07) is 15.4. The van der Waals surface area contributed by atoms with E-state index in [4.69, 9.17) is 18.9 Å². The Bertz CT molecular complexity index is 1660. The number of hydrogen-bond donors (Lipinski definition) is 3. The van der Waals surface area contributed by atoms with Crippen molar-refractivity contribution in [3.8, 4) is 28.4 Å². The molecular weight excluding hydrogens is 614 g/mol. The topological polar surface area (TPSA) is 141 Å². The highest BCUT2D eigenvalue weighted by molar-refractivity contribution is 5.85. The van der Waals surface area contributed by atoms with E-state index in [1.807, 2.05) is 42.5 Å². The lowest BCUT2D eigenvalue weighted by molar-refractivity contribution is -0.145. The predicted octanol–water partition coefficient (Wildman–Crippen LogP) is 4.74. The number of anilines is 1. The van der Waals surface area contributed by atoms with E-state index in [1.54, 1.807) is 33.5 Å². The van der Waals surface area contributed by atoms with E-state index in [0.29, 0.717) is 60.7 Å². The molecule has 0 heterocycles. The maximum atomic E-state index is 13.5. The Morgan fingerprint density at radius 1 is 0.896 bits per heavy atom. The molecule has 2 atom stereocenters. The van der Waals surface area contributed by atoms with Gasteiger partial charge < -0.3 is 34.9 Å². The highest BCUT2D eigenvalue weighted by Crippen LogP contribution is 2.50. The molecule has 0 saturated carbocycles. The van der Waals surface area contributed by atoms with Crippen molar-refractivity contribution in [3.05, 3.63) is 81.5 Å². The van der Waals surface area contributed by atoms with Crippen molar-refractivity contribution in [3.63, 3.8) is 0 Å². The molecule has 0 aromatic heterocycles. The molecule has 11 heteroatoms. The van der Waals surface area contributed by atoms with Crippen LogP contribution in [-0.2, 0) is 32.0 Å². The third-order valence-electron chi connectivity index (χ3n) is 8.42. The van der Waals surface area contributed by atoms with Crippen molar-refractivity contribution < 1.29 is 33.3 Å². The van der Waals surface area contributed by atoms with Gasteiger partial charge in [0, 0.05) is 31.9 Å². The van der Waals surface area contributed by atoms with Gasteiger partial charge in [0.25, 0.3) is 0 Å². The summed E-state index contributed by atoms with van der Waals surface area (Å²) in [7, 11) is 5.99. The summed E-state index contributed by atoms with van der Waals surface area (Å²) in [6.07, 6.45) is 3.88. The number of fused-ring (bicyclic) bond motifs is 3. The monoisotopic (exact) mass is 659 g/mol. The van der Waals surface area contributed by atoms with E-state index >= 15 is 0 Å². The second-order valence-electron chi connectivity index (χ2n) is 11.7. The zero-order chi connectivity index (χ0) is 34.6. The van der Waals surface area contributed by atoms with Crippen LogP contribution in [0.3, 0.4) is 0 Å². The van der Waals surface area contributed by atoms with Gasteiger partial charge >= 0.3 is 5.97 Å². The van der Waals surface area contributed by atoms with Crippen LogP contribution in [0.4, 0.5) is 5.69 Å². The third kappa shape index (κ3) is 8.84. The summed E-state index contributed by atoms with van der Waals surface area (Å²) in [5, 5.41) is 9.07. The van der Waals surface area contributed by atoms with Gasteiger partial charge in [-0.1, -0.05) is 42.8 Å².